The second-order valence-electron chi connectivity index (χ2n) is 5.49. The van der Waals surface area contributed by atoms with Crippen molar-refractivity contribution in [3.05, 3.63) is 30.1 Å². The van der Waals surface area contributed by atoms with Crippen molar-refractivity contribution in [3.8, 4) is 0 Å². The lowest BCUT2D eigenvalue weighted by Gasteiger charge is -2.28. The summed E-state index contributed by atoms with van der Waals surface area (Å²) in [7, 11) is 0. The Morgan fingerprint density at radius 3 is 1.76 bits per heavy atom. The van der Waals surface area contributed by atoms with Crippen LogP contribution < -0.4 is 0 Å². The van der Waals surface area contributed by atoms with Gasteiger partial charge in [0.1, 0.15) is 23.4 Å². The Labute approximate surface area is 146 Å². The van der Waals surface area contributed by atoms with Gasteiger partial charge in [0.15, 0.2) is 0 Å². The van der Waals surface area contributed by atoms with Crippen LogP contribution in [-0.2, 0) is 28.7 Å². The van der Waals surface area contributed by atoms with Crippen LogP contribution in [0.5, 0.6) is 0 Å². The van der Waals surface area contributed by atoms with E-state index in [1.807, 2.05) is 0 Å². The minimum Gasteiger partial charge on any atom is -0.465 e. The highest BCUT2D eigenvalue weighted by atomic mass is 16.5. The topological polar surface area (TPSA) is 99.6 Å². The van der Waals surface area contributed by atoms with Crippen molar-refractivity contribution < 1.29 is 28.7 Å². The lowest BCUT2D eigenvalue weighted by atomic mass is 9.74. The molecule has 0 fully saturated rings. The van der Waals surface area contributed by atoms with Gasteiger partial charge < -0.3 is 9.47 Å². The van der Waals surface area contributed by atoms with Gasteiger partial charge in [-0.15, -0.1) is 0 Å². The van der Waals surface area contributed by atoms with E-state index in [0.717, 1.165) is 0 Å². The van der Waals surface area contributed by atoms with Gasteiger partial charge >= 0.3 is 11.9 Å². The Morgan fingerprint density at radius 2 is 1.44 bits per heavy atom. The number of pyridine rings is 1. The third kappa shape index (κ3) is 5.20. The molecule has 1 aromatic rings. The quantitative estimate of drug-likeness (QED) is 0.494. The fourth-order valence-electron chi connectivity index (χ4n) is 2.75. The first-order valence-electron chi connectivity index (χ1n) is 8.09. The Bertz CT molecular complexity index is 592. The highest BCUT2D eigenvalue weighted by Gasteiger charge is 2.45. The molecule has 1 unspecified atom stereocenters. The van der Waals surface area contributed by atoms with Crippen molar-refractivity contribution in [1.82, 2.24) is 4.98 Å². The van der Waals surface area contributed by atoms with Gasteiger partial charge in [-0.3, -0.25) is 24.2 Å². The number of aromatic nitrogens is 1. The third-order valence-electron chi connectivity index (χ3n) is 3.74. The van der Waals surface area contributed by atoms with Crippen LogP contribution in [0.1, 0.15) is 39.2 Å². The summed E-state index contributed by atoms with van der Waals surface area (Å²) < 4.78 is 9.99. The van der Waals surface area contributed by atoms with Gasteiger partial charge in [-0.05, 0) is 39.3 Å². The molecule has 0 N–H and O–H groups in total. The van der Waals surface area contributed by atoms with E-state index >= 15 is 0 Å². The van der Waals surface area contributed by atoms with Crippen molar-refractivity contribution in [3.63, 3.8) is 0 Å². The predicted molar refractivity (Wildman–Crippen MR) is 88.6 cm³/mol. The van der Waals surface area contributed by atoms with E-state index in [2.05, 4.69) is 4.98 Å². The van der Waals surface area contributed by atoms with Crippen LogP contribution >= 0.6 is 0 Å². The van der Waals surface area contributed by atoms with Crippen molar-refractivity contribution in [2.24, 2.45) is 11.8 Å². The molecule has 1 aromatic heterocycles. The number of carbonyl (C=O) groups is 4. The summed E-state index contributed by atoms with van der Waals surface area (Å²) in [6, 6.07) is 3.22. The third-order valence-corrected chi connectivity index (χ3v) is 3.74. The molecule has 0 saturated carbocycles. The maximum Gasteiger partial charge on any atom is 0.317 e. The molecule has 0 aliphatic carbocycles. The van der Waals surface area contributed by atoms with Crippen LogP contribution in [0.4, 0.5) is 0 Å². The molecule has 0 radical (unpaired) electrons. The average molecular weight is 349 g/mol. The number of carbonyl (C=O) groups excluding carboxylic acids is 4. The van der Waals surface area contributed by atoms with Crippen LogP contribution in [0, 0.1) is 11.8 Å². The number of ether oxygens (including phenoxy) is 2. The summed E-state index contributed by atoms with van der Waals surface area (Å²) in [5.41, 5.74) is 0.420. The van der Waals surface area contributed by atoms with E-state index in [-0.39, 0.29) is 13.2 Å². The van der Waals surface area contributed by atoms with E-state index in [1.54, 1.807) is 26.0 Å². The lowest BCUT2D eigenvalue weighted by molar-refractivity contribution is -0.157. The zero-order chi connectivity index (χ0) is 19.0. The second-order valence-corrected chi connectivity index (χ2v) is 5.49. The maximum absolute atomic E-state index is 12.4. The monoisotopic (exact) mass is 349 g/mol. The zero-order valence-electron chi connectivity index (χ0n) is 14.9. The second kappa shape index (κ2) is 9.66. The Balaban J connectivity index is 3.50. The molecule has 0 bridgehead atoms. The van der Waals surface area contributed by atoms with Gasteiger partial charge in [-0.25, -0.2) is 0 Å². The lowest BCUT2D eigenvalue weighted by Crippen LogP contribution is -2.40. The Kier molecular flexibility index (Phi) is 7.91. The molecule has 3 atom stereocenters. The maximum atomic E-state index is 12.4. The zero-order valence-corrected chi connectivity index (χ0v) is 14.9. The summed E-state index contributed by atoms with van der Waals surface area (Å²) in [5.74, 6) is -6.20. The molecule has 25 heavy (non-hydrogen) atoms. The van der Waals surface area contributed by atoms with Gasteiger partial charge in [0.25, 0.3) is 0 Å². The van der Waals surface area contributed by atoms with Gasteiger partial charge in [0, 0.05) is 18.3 Å². The molecule has 136 valence electrons. The van der Waals surface area contributed by atoms with Crippen molar-refractivity contribution in [2.75, 3.05) is 13.2 Å². The summed E-state index contributed by atoms with van der Waals surface area (Å²) >= 11 is 0. The smallest absolute Gasteiger partial charge is 0.317 e. The van der Waals surface area contributed by atoms with Gasteiger partial charge in [-0.1, -0.05) is 6.07 Å². The number of esters is 2. The molecular formula is C18H23NO6. The standard InChI is InChI=1S/C18H23NO6/c1-5-24-17(22)14(11(3)20)16(13-8-7-9-19-10-13)15(12(4)21)18(23)25-6-2/h7-10,14-16H,5-6H2,1-4H3/t14-,15+,16?. The molecule has 1 heterocycles. The first kappa shape index (κ1) is 20.5. The average Bonchev–Trinajstić information content (AvgIpc) is 2.54. The van der Waals surface area contributed by atoms with Crippen molar-refractivity contribution in [2.45, 2.75) is 33.6 Å². The summed E-state index contributed by atoms with van der Waals surface area (Å²) in [5, 5.41) is 0. The van der Waals surface area contributed by atoms with Gasteiger partial charge in [-0.2, -0.15) is 0 Å². The summed E-state index contributed by atoms with van der Waals surface area (Å²) in [6.45, 7) is 5.84. The van der Waals surface area contributed by atoms with Gasteiger partial charge in [0.2, 0.25) is 0 Å². The van der Waals surface area contributed by atoms with Crippen LogP contribution in [0.15, 0.2) is 24.5 Å². The molecule has 0 aliphatic rings. The van der Waals surface area contributed by atoms with Crippen LogP contribution in [0.25, 0.3) is 0 Å². The molecule has 7 nitrogen and oxygen atoms in total. The number of rotatable bonds is 9. The molecule has 0 saturated heterocycles. The van der Waals surface area contributed by atoms with Crippen LogP contribution in [-0.4, -0.2) is 41.7 Å². The van der Waals surface area contributed by atoms with E-state index in [1.165, 1.54) is 26.2 Å². The minimum absolute atomic E-state index is 0.0759. The van der Waals surface area contributed by atoms with E-state index in [9.17, 15) is 19.2 Å². The Morgan fingerprint density at radius 1 is 0.960 bits per heavy atom. The number of Topliss-reactive ketones (excluding diaryl/α,β-unsaturated/α-hetero) is 2. The molecule has 0 spiro atoms. The molecule has 0 amide bonds. The predicted octanol–water partition coefficient (Wildman–Crippen LogP) is 1.70. The Hall–Kier alpha value is -2.57. The fraction of sp³-hybridized carbons (Fsp3) is 0.500. The largest absolute Gasteiger partial charge is 0.465 e. The molecule has 0 aliphatic heterocycles. The summed E-state index contributed by atoms with van der Waals surface area (Å²) in [6.07, 6.45) is 2.94. The van der Waals surface area contributed by atoms with Crippen molar-refractivity contribution in [1.29, 1.82) is 0 Å². The highest BCUT2D eigenvalue weighted by molar-refractivity contribution is 6.04. The first-order valence-corrected chi connectivity index (χ1v) is 8.09. The SMILES string of the molecule is CCOC(=O)[C@@H](C(C)=O)C(c1cccnc1)[C@@H](C(C)=O)C(=O)OCC. The summed E-state index contributed by atoms with van der Waals surface area (Å²) in [4.78, 5) is 53.1. The fourth-order valence-corrected chi connectivity index (χ4v) is 2.75. The van der Waals surface area contributed by atoms with Crippen molar-refractivity contribution >= 4 is 23.5 Å². The first-order chi connectivity index (χ1) is 11.8. The molecule has 0 aromatic carbocycles. The molecule has 1 rings (SSSR count). The normalized spacial score (nSPS) is 14.1. The molecular weight excluding hydrogens is 326 g/mol. The minimum atomic E-state index is -1.30. The molecule has 7 heteroatoms. The van der Waals surface area contributed by atoms with Crippen LogP contribution in [0.3, 0.4) is 0 Å². The number of ketones is 2. The number of hydrogen-bond donors (Lipinski definition) is 0. The van der Waals surface area contributed by atoms with Crippen LogP contribution in [0.2, 0.25) is 0 Å². The van der Waals surface area contributed by atoms with E-state index < -0.39 is 41.3 Å². The van der Waals surface area contributed by atoms with Gasteiger partial charge in [0.05, 0.1) is 13.2 Å². The number of nitrogens with zero attached hydrogens (tertiary/aromatic N) is 1. The van der Waals surface area contributed by atoms with E-state index in [4.69, 9.17) is 9.47 Å². The highest BCUT2D eigenvalue weighted by Crippen LogP contribution is 2.35. The number of hydrogen-bond acceptors (Lipinski definition) is 7. The van der Waals surface area contributed by atoms with E-state index in [0.29, 0.717) is 5.56 Å².